The summed E-state index contributed by atoms with van der Waals surface area (Å²) in [5, 5.41) is 17.1. The van der Waals surface area contributed by atoms with Crippen LogP contribution in [0.15, 0.2) is 10.6 Å². The van der Waals surface area contributed by atoms with Crippen molar-refractivity contribution in [2.24, 2.45) is 0 Å². The summed E-state index contributed by atoms with van der Waals surface area (Å²) in [4.78, 5) is 0. The summed E-state index contributed by atoms with van der Waals surface area (Å²) in [6.07, 6.45) is 0. The molecule has 0 aromatic carbocycles. The van der Waals surface area contributed by atoms with Crippen LogP contribution in [0.1, 0.15) is 24.0 Å². The molecule has 0 amide bonds. The maximum Gasteiger partial charge on any atom is 0.170 e. The van der Waals surface area contributed by atoms with Crippen molar-refractivity contribution >= 4 is 0 Å². The number of hydrogen-bond donors (Lipinski definition) is 1. The minimum atomic E-state index is -0.108. The molecule has 0 atom stereocenters. The van der Waals surface area contributed by atoms with Gasteiger partial charge < -0.3 is 9.63 Å². The van der Waals surface area contributed by atoms with Gasteiger partial charge in [0.15, 0.2) is 5.76 Å². The molecule has 2 aromatic rings. The quantitative estimate of drug-likeness (QED) is 0.856. The lowest BCUT2D eigenvalue weighted by molar-refractivity contribution is 0.267. The van der Waals surface area contributed by atoms with E-state index in [2.05, 4.69) is 10.3 Å². The average Bonchev–Trinajstić information content (AvgIpc) is 2.83. The van der Waals surface area contributed by atoms with Crippen LogP contribution in [0.5, 0.6) is 0 Å². The van der Waals surface area contributed by atoms with E-state index in [0.717, 1.165) is 23.5 Å². The SMILES string of the molecule is CCn1nc(C)c(-c2cc(CO)no2)c1C. The van der Waals surface area contributed by atoms with Gasteiger partial charge in [-0.2, -0.15) is 5.10 Å². The third-order valence-electron chi connectivity index (χ3n) is 2.65. The fraction of sp³-hybridized carbons (Fsp3) is 0.455. The lowest BCUT2D eigenvalue weighted by Gasteiger charge is -1.98. The zero-order chi connectivity index (χ0) is 11.7. The summed E-state index contributed by atoms with van der Waals surface area (Å²) in [5.74, 6) is 0.666. The van der Waals surface area contributed by atoms with Gasteiger partial charge in [-0.05, 0) is 20.8 Å². The van der Waals surface area contributed by atoms with Gasteiger partial charge in [0.25, 0.3) is 0 Å². The Hall–Kier alpha value is -1.62. The minimum Gasteiger partial charge on any atom is -0.390 e. The molecule has 5 heteroatoms. The van der Waals surface area contributed by atoms with Crippen molar-refractivity contribution in [1.29, 1.82) is 0 Å². The molecule has 0 aliphatic heterocycles. The molecule has 2 rings (SSSR count). The van der Waals surface area contributed by atoms with Crippen LogP contribution < -0.4 is 0 Å². The molecule has 2 aromatic heterocycles. The third-order valence-corrected chi connectivity index (χ3v) is 2.65. The zero-order valence-corrected chi connectivity index (χ0v) is 9.69. The maximum atomic E-state index is 8.94. The number of hydrogen-bond acceptors (Lipinski definition) is 4. The maximum absolute atomic E-state index is 8.94. The molecular weight excluding hydrogens is 206 g/mol. The van der Waals surface area contributed by atoms with Gasteiger partial charge in [0.05, 0.1) is 17.9 Å². The first kappa shape index (κ1) is 10.9. The monoisotopic (exact) mass is 221 g/mol. The largest absolute Gasteiger partial charge is 0.390 e. The Labute approximate surface area is 93.7 Å². The van der Waals surface area contributed by atoms with E-state index in [4.69, 9.17) is 9.63 Å². The highest BCUT2D eigenvalue weighted by molar-refractivity contribution is 5.63. The highest BCUT2D eigenvalue weighted by Gasteiger charge is 2.16. The molecule has 1 N–H and O–H groups in total. The van der Waals surface area contributed by atoms with Crippen molar-refractivity contribution in [3.63, 3.8) is 0 Å². The van der Waals surface area contributed by atoms with Crippen LogP contribution in [0.2, 0.25) is 0 Å². The Morgan fingerprint density at radius 1 is 1.44 bits per heavy atom. The topological polar surface area (TPSA) is 64.1 Å². The molecule has 0 aliphatic carbocycles. The second kappa shape index (κ2) is 4.09. The average molecular weight is 221 g/mol. The Morgan fingerprint density at radius 3 is 2.69 bits per heavy atom. The lowest BCUT2D eigenvalue weighted by Crippen LogP contribution is -1.98. The van der Waals surface area contributed by atoms with Crippen LogP contribution in [0, 0.1) is 13.8 Å². The molecule has 0 aliphatic rings. The number of aliphatic hydroxyl groups excluding tert-OH is 1. The molecule has 0 unspecified atom stereocenters. The number of rotatable bonds is 3. The molecule has 2 heterocycles. The van der Waals surface area contributed by atoms with E-state index >= 15 is 0 Å². The Kier molecular flexibility index (Phi) is 2.78. The normalized spacial score (nSPS) is 11.0. The molecule has 0 spiro atoms. The fourth-order valence-corrected chi connectivity index (χ4v) is 1.87. The molecule has 0 saturated heterocycles. The summed E-state index contributed by atoms with van der Waals surface area (Å²) < 4.78 is 7.12. The van der Waals surface area contributed by atoms with E-state index in [0.29, 0.717) is 11.5 Å². The summed E-state index contributed by atoms with van der Waals surface area (Å²) >= 11 is 0. The zero-order valence-electron chi connectivity index (χ0n) is 9.69. The predicted molar refractivity (Wildman–Crippen MR) is 58.8 cm³/mol. The summed E-state index contributed by atoms with van der Waals surface area (Å²) in [6.45, 7) is 6.70. The van der Waals surface area contributed by atoms with Crippen LogP contribution in [0.25, 0.3) is 11.3 Å². The molecule has 16 heavy (non-hydrogen) atoms. The van der Waals surface area contributed by atoms with Gasteiger partial charge in [-0.25, -0.2) is 0 Å². The van der Waals surface area contributed by atoms with Crippen molar-refractivity contribution in [1.82, 2.24) is 14.9 Å². The fourth-order valence-electron chi connectivity index (χ4n) is 1.87. The van der Waals surface area contributed by atoms with Gasteiger partial charge in [-0.3, -0.25) is 4.68 Å². The molecule has 5 nitrogen and oxygen atoms in total. The Morgan fingerprint density at radius 2 is 2.19 bits per heavy atom. The standard InChI is InChI=1S/C11H15N3O2/c1-4-14-8(3)11(7(2)12-14)10-5-9(6-15)13-16-10/h5,15H,4,6H2,1-3H3. The Balaban J connectivity index is 2.50. The van der Waals surface area contributed by atoms with Crippen molar-refractivity contribution in [3.05, 3.63) is 23.1 Å². The van der Waals surface area contributed by atoms with Gasteiger partial charge in [0.2, 0.25) is 0 Å². The molecule has 0 radical (unpaired) electrons. The number of aliphatic hydroxyl groups is 1. The van der Waals surface area contributed by atoms with Gasteiger partial charge in [0.1, 0.15) is 5.69 Å². The molecule has 0 saturated carbocycles. The second-order valence-electron chi connectivity index (χ2n) is 3.70. The lowest BCUT2D eigenvalue weighted by atomic mass is 10.1. The molecule has 0 fully saturated rings. The van der Waals surface area contributed by atoms with E-state index in [9.17, 15) is 0 Å². The molecule has 86 valence electrons. The van der Waals surface area contributed by atoms with E-state index in [1.165, 1.54) is 0 Å². The highest BCUT2D eigenvalue weighted by atomic mass is 16.5. The van der Waals surface area contributed by atoms with Gasteiger partial charge in [0, 0.05) is 18.3 Å². The minimum absolute atomic E-state index is 0.108. The summed E-state index contributed by atoms with van der Waals surface area (Å²) in [5.41, 5.74) is 3.48. The highest BCUT2D eigenvalue weighted by Crippen LogP contribution is 2.27. The van der Waals surface area contributed by atoms with Crippen molar-refractivity contribution in [2.75, 3.05) is 0 Å². The second-order valence-corrected chi connectivity index (χ2v) is 3.70. The van der Waals surface area contributed by atoms with Crippen molar-refractivity contribution in [3.8, 4) is 11.3 Å². The van der Waals surface area contributed by atoms with Crippen LogP contribution in [0.3, 0.4) is 0 Å². The van der Waals surface area contributed by atoms with E-state index in [1.807, 2.05) is 25.5 Å². The van der Waals surface area contributed by atoms with Crippen molar-refractivity contribution < 1.29 is 9.63 Å². The van der Waals surface area contributed by atoms with Crippen molar-refractivity contribution in [2.45, 2.75) is 33.9 Å². The molecular formula is C11H15N3O2. The number of aromatic nitrogens is 3. The van der Waals surface area contributed by atoms with Crippen LogP contribution in [0.4, 0.5) is 0 Å². The van der Waals surface area contributed by atoms with Gasteiger partial charge in [-0.1, -0.05) is 5.16 Å². The summed E-state index contributed by atoms with van der Waals surface area (Å²) in [7, 11) is 0. The van der Waals surface area contributed by atoms with Gasteiger partial charge in [-0.15, -0.1) is 0 Å². The van der Waals surface area contributed by atoms with E-state index < -0.39 is 0 Å². The first-order chi connectivity index (χ1) is 7.67. The number of nitrogens with zero attached hydrogens (tertiary/aromatic N) is 3. The van der Waals surface area contributed by atoms with Crippen LogP contribution >= 0.6 is 0 Å². The van der Waals surface area contributed by atoms with Crippen LogP contribution in [-0.4, -0.2) is 20.0 Å². The van der Waals surface area contributed by atoms with E-state index in [-0.39, 0.29) is 6.61 Å². The van der Waals surface area contributed by atoms with Gasteiger partial charge >= 0.3 is 0 Å². The summed E-state index contributed by atoms with van der Waals surface area (Å²) in [6, 6.07) is 1.75. The molecule has 0 bridgehead atoms. The first-order valence-corrected chi connectivity index (χ1v) is 5.28. The third kappa shape index (κ3) is 1.63. The first-order valence-electron chi connectivity index (χ1n) is 5.28. The van der Waals surface area contributed by atoms with Crippen LogP contribution in [-0.2, 0) is 13.2 Å². The smallest absolute Gasteiger partial charge is 0.170 e. The van der Waals surface area contributed by atoms with E-state index in [1.54, 1.807) is 6.07 Å². The predicted octanol–water partition coefficient (Wildman–Crippen LogP) is 1.67. The Bertz CT molecular complexity index is 499. The number of aryl methyl sites for hydroxylation is 2.